The van der Waals surface area contributed by atoms with Crippen LogP contribution in [-0.2, 0) is 14.3 Å². The highest BCUT2D eigenvalue weighted by molar-refractivity contribution is 5.85. The minimum absolute atomic E-state index is 0.210. The maximum Gasteiger partial charge on any atom is 0.293 e. The van der Waals surface area contributed by atoms with Crippen molar-refractivity contribution in [1.29, 1.82) is 0 Å². The second-order valence-corrected chi connectivity index (χ2v) is 6.79. The first kappa shape index (κ1) is 15.3. The van der Waals surface area contributed by atoms with Crippen LogP contribution in [0.2, 0.25) is 0 Å². The Hall–Kier alpha value is -1.12. The van der Waals surface area contributed by atoms with E-state index in [1.807, 2.05) is 0 Å². The second kappa shape index (κ2) is 6.11. The smallest absolute Gasteiger partial charge is 0.293 e. The highest BCUT2D eigenvalue weighted by Gasteiger charge is 2.49. The van der Waals surface area contributed by atoms with Crippen molar-refractivity contribution in [2.75, 3.05) is 6.61 Å². The summed E-state index contributed by atoms with van der Waals surface area (Å²) in [5.41, 5.74) is -0.300. The van der Waals surface area contributed by atoms with E-state index in [0.717, 1.165) is 12.3 Å². The lowest BCUT2D eigenvalue weighted by Crippen LogP contribution is -2.48. The summed E-state index contributed by atoms with van der Waals surface area (Å²) in [7, 11) is 0. The Morgan fingerprint density at radius 2 is 2.10 bits per heavy atom. The lowest BCUT2D eigenvalue weighted by atomic mass is 9.54. The van der Waals surface area contributed by atoms with E-state index in [1.165, 1.54) is 12.8 Å². The van der Waals surface area contributed by atoms with Crippen LogP contribution in [0, 0.1) is 29.1 Å². The van der Waals surface area contributed by atoms with Crippen LogP contribution in [0.1, 0.15) is 46.5 Å². The molecule has 0 radical (unpaired) electrons. The van der Waals surface area contributed by atoms with Crippen molar-refractivity contribution >= 4 is 12.3 Å². The number of ketones is 1. The molecule has 0 heterocycles. The molecular formula is C17H26O3. The molecule has 2 aliphatic rings. The Bertz CT molecular complexity index is 401. The lowest BCUT2D eigenvalue weighted by molar-refractivity contribution is -0.139. The highest BCUT2D eigenvalue weighted by atomic mass is 16.5. The van der Waals surface area contributed by atoms with Crippen molar-refractivity contribution in [2.45, 2.75) is 46.5 Å². The highest BCUT2D eigenvalue weighted by Crippen LogP contribution is 2.52. The minimum Gasteiger partial charge on any atom is -0.467 e. The Balaban J connectivity index is 2.16. The third-order valence-corrected chi connectivity index (χ3v) is 5.64. The number of Topliss-reactive ketones (excluding diaryl/α,β-unsaturated/α-hetero) is 1. The summed E-state index contributed by atoms with van der Waals surface area (Å²) in [6, 6.07) is 0. The number of hydrogen-bond acceptors (Lipinski definition) is 3. The number of rotatable bonds is 5. The zero-order chi connectivity index (χ0) is 14.8. The number of carbonyl (C=O) groups is 2. The number of carbonyl (C=O) groups excluding carboxylic acids is 2. The fourth-order valence-electron chi connectivity index (χ4n) is 4.16. The molecule has 112 valence electrons. The van der Waals surface area contributed by atoms with E-state index in [4.69, 9.17) is 4.74 Å². The molecule has 1 saturated carbocycles. The first-order chi connectivity index (χ1) is 9.50. The fourth-order valence-corrected chi connectivity index (χ4v) is 4.16. The van der Waals surface area contributed by atoms with Gasteiger partial charge in [-0.3, -0.25) is 9.59 Å². The SMILES string of the molecule is CC1CCC2C(C=CC(C)[C@]2(C)C(=O)CCOC=O)C1. The van der Waals surface area contributed by atoms with Crippen LogP contribution >= 0.6 is 0 Å². The van der Waals surface area contributed by atoms with E-state index in [-0.39, 0.29) is 23.7 Å². The second-order valence-electron chi connectivity index (χ2n) is 6.79. The largest absolute Gasteiger partial charge is 0.467 e. The zero-order valence-electron chi connectivity index (χ0n) is 12.8. The van der Waals surface area contributed by atoms with Gasteiger partial charge in [0.2, 0.25) is 0 Å². The van der Waals surface area contributed by atoms with Crippen LogP contribution in [0.3, 0.4) is 0 Å². The topological polar surface area (TPSA) is 43.4 Å². The van der Waals surface area contributed by atoms with Gasteiger partial charge in [-0.1, -0.05) is 39.3 Å². The number of hydrogen-bond donors (Lipinski definition) is 0. The summed E-state index contributed by atoms with van der Waals surface area (Å²) in [6.45, 7) is 7.20. The fraction of sp³-hybridized carbons (Fsp3) is 0.765. The van der Waals surface area contributed by atoms with Gasteiger partial charge < -0.3 is 4.74 Å². The van der Waals surface area contributed by atoms with Crippen molar-refractivity contribution in [3.8, 4) is 0 Å². The van der Waals surface area contributed by atoms with Gasteiger partial charge in [0.1, 0.15) is 5.78 Å². The maximum absolute atomic E-state index is 12.7. The minimum atomic E-state index is -0.300. The Morgan fingerprint density at radius 1 is 1.35 bits per heavy atom. The Morgan fingerprint density at radius 3 is 2.80 bits per heavy atom. The number of allylic oxidation sites excluding steroid dienone is 2. The molecule has 0 spiro atoms. The zero-order valence-corrected chi connectivity index (χ0v) is 12.8. The van der Waals surface area contributed by atoms with Crippen molar-refractivity contribution in [1.82, 2.24) is 0 Å². The van der Waals surface area contributed by atoms with Crippen LogP contribution in [0.15, 0.2) is 12.2 Å². The van der Waals surface area contributed by atoms with Gasteiger partial charge in [0.25, 0.3) is 6.47 Å². The Kier molecular flexibility index (Phi) is 4.66. The van der Waals surface area contributed by atoms with E-state index in [1.54, 1.807) is 0 Å². The van der Waals surface area contributed by atoms with Crippen molar-refractivity contribution in [3.05, 3.63) is 12.2 Å². The number of ether oxygens (including phenoxy) is 1. The molecule has 0 N–H and O–H groups in total. The van der Waals surface area contributed by atoms with Crippen LogP contribution in [0.25, 0.3) is 0 Å². The van der Waals surface area contributed by atoms with E-state index in [0.29, 0.717) is 24.7 Å². The van der Waals surface area contributed by atoms with E-state index < -0.39 is 0 Å². The van der Waals surface area contributed by atoms with Gasteiger partial charge >= 0.3 is 0 Å². The molecule has 5 atom stereocenters. The third kappa shape index (κ3) is 2.68. The van der Waals surface area contributed by atoms with Crippen LogP contribution in [0.4, 0.5) is 0 Å². The van der Waals surface area contributed by atoms with Gasteiger partial charge in [0.05, 0.1) is 6.61 Å². The molecule has 2 rings (SSSR count). The van der Waals surface area contributed by atoms with Gasteiger partial charge in [0, 0.05) is 11.8 Å². The van der Waals surface area contributed by atoms with Crippen LogP contribution in [-0.4, -0.2) is 18.9 Å². The summed E-state index contributed by atoms with van der Waals surface area (Å²) in [5, 5.41) is 0. The standard InChI is InChI=1S/C17H26O3/c1-12-4-7-15-14(10-12)6-5-13(2)17(15,3)16(19)8-9-20-11-18/h5-6,11-15H,4,7-10H2,1-3H3/t12?,13?,14?,15?,17-/m0/s1. The summed E-state index contributed by atoms with van der Waals surface area (Å²) in [4.78, 5) is 22.9. The van der Waals surface area contributed by atoms with E-state index in [9.17, 15) is 9.59 Å². The summed E-state index contributed by atoms with van der Waals surface area (Å²) in [6.07, 6.45) is 8.44. The molecule has 1 fully saturated rings. The van der Waals surface area contributed by atoms with Crippen LogP contribution < -0.4 is 0 Å². The van der Waals surface area contributed by atoms with Crippen molar-refractivity contribution in [2.24, 2.45) is 29.1 Å². The number of fused-ring (bicyclic) bond motifs is 1. The average Bonchev–Trinajstić information content (AvgIpc) is 2.43. The normalized spacial score (nSPS) is 40.0. The van der Waals surface area contributed by atoms with E-state index >= 15 is 0 Å². The molecular weight excluding hydrogens is 252 g/mol. The molecule has 0 bridgehead atoms. The molecule has 0 aromatic rings. The monoisotopic (exact) mass is 278 g/mol. The van der Waals surface area contributed by atoms with Gasteiger partial charge in [-0.2, -0.15) is 0 Å². The molecule has 0 aromatic carbocycles. The molecule has 0 saturated heterocycles. The molecule has 0 aliphatic heterocycles. The van der Waals surface area contributed by atoms with Crippen LogP contribution in [0.5, 0.6) is 0 Å². The summed E-state index contributed by atoms with van der Waals surface area (Å²) in [5.74, 6) is 2.26. The van der Waals surface area contributed by atoms with Gasteiger partial charge in [0.15, 0.2) is 0 Å². The molecule has 0 aromatic heterocycles. The molecule has 3 nitrogen and oxygen atoms in total. The first-order valence-corrected chi connectivity index (χ1v) is 7.77. The molecule has 20 heavy (non-hydrogen) atoms. The van der Waals surface area contributed by atoms with E-state index in [2.05, 4.69) is 32.9 Å². The third-order valence-electron chi connectivity index (χ3n) is 5.64. The summed E-state index contributed by atoms with van der Waals surface area (Å²) < 4.78 is 4.71. The predicted molar refractivity (Wildman–Crippen MR) is 78.0 cm³/mol. The molecule has 4 unspecified atom stereocenters. The average molecular weight is 278 g/mol. The molecule has 2 aliphatic carbocycles. The summed E-state index contributed by atoms with van der Waals surface area (Å²) >= 11 is 0. The predicted octanol–water partition coefficient (Wildman–Crippen LogP) is 3.38. The quantitative estimate of drug-likeness (QED) is 0.440. The maximum atomic E-state index is 12.7. The van der Waals surface area contributed by atoms with Crippen molar-refractivity contribution < 1.29 is 14.3 Å². The first-order valence-electron chi connectivity index (χ1n) is 7.77. The molecule has 3 heteroatoms. The molecule has 0 amide bonds. The van der Waals surface area contributed by atoms with Gasteiger partial charge in [-0.15, -0.1) is 0 Å². The van der Waals surface area contributed by atoms with Crippen molar-refractivity contribution in [3.63, 3.8) is 0 Å². The Labute approximate surface area is 121 Å². The van der Waals surface area contributed by atoms with Gasteiger partial charge in [-0.25, -0.2) is 0 Å². The van der Waals surface area contributed by atoms with Gasteiger partial charge in [-0.05, 0) is 36.5 Å². The lowest BCUT2D eigenvalue weighted by Gasteiger charge is -2.49.